The number of sulfone groups is 1. The number of carbonyl (C=O) groups excluding carboxylic acids is 1. The third-order valence-corrected chi connectivity index (χ3v) is 3.85. The highest BCUT2D eigenvalue weighted by Gasteiger charge is 2.20. The zero-order chi connectivity index (χ0) is 15.5. The lowest BCUT2D eigenvalue weighted by Crippen LogP contribution is -2.32. The lowest BCUT2D eigenvalue weighted by molar-refractivity contribution is -0.118. The molecule has 0 aliphatic rings. The summed E-state index contributed by atoms with van der Waals surface area (Å²) in [5, 5.41) is 11.5. The van der Waals surface area contributed by atoms with E-state index in [-0.39, 0.29) is 9.88 Å². The van der Waals surface area contributed by atoms with Crippen LogP contribution in [0.25, 0.3) is 0 Å². The molecule has 0 saturated heterocycles. The smallest absolute Gasteiger partial charge is 0.241 e. The summed E-state index contributed by atoms with van der Waals surface area (Å²) in [6.45, 7) is 1.72. The van der Waals surface area contributed by atoms with Gasteiger partial charge in [-0.3, -0.25) is 4.79 Å². The van der Waals surface area contributed by atoms with Crippen LogP contribution in [0, 0.1) is 24.2 Å². The minimum absolute atomic E-state index is 0.0648. The van der Waals surface area contributed by atoms with Gasteiger partial charge in [-0.25, -0.2) is 8.42 Å². The van der Waals surface area contributed by atoms with E-state index in [1.807, 2.05) is 0 Å². The number of rotatable bonds is 4. The maximum Gasteiger partial charge on any atom is 0.241 e. The van der Waals surface area contributed by atoms with E-state index in [0.29, 0.717) is 11.3 Å². The SMILES string of the molecule is Cc1cc(NC(=S)C(C#N)C(N)=O)cc(S(C)(=O)=O)c1. The van der Waals surface area contributed by atoms with Crippen LogP contribution in [0.1, 0.15) is 5.56 Å². The number of nitrogens with zero attached hydrogens (tertiary/aromatic N) is 1. The second kappa shape index (κ2) is 5.98. The standard InChI is InChI=1S/C12H13N3O3S2/c1-7-3-8(5-9(4-7)20(2,17)18)15-12(19)10(6-13)11(14)16/h3-5,10H,1-2H3,(H2,14,16)(H,15,19). The van der Waals surface area contributed by atoms with Crippen molar-refractivity contribution in [1.29, 1.82) is 5.26 Å². The largest absolute Gasteiger partial charge is 0.368 e. The van der Waals surface area contributed by atoms with Crippen LogP contribution in [0.5, 0.6) is 0 Å². The number of hydrogen-bond acceptors (Lipinski definition) is 5. The monoisotopic (exact) mass is 311 g/mol. The molecule has 1 rings (SSSR count). The van der Waals surface area contributed by atoms with Gasteiger partial charge in [0.05, 0.1) is 11.0 Å². The van der Waals surface area contributed by atoms with Gasteiger partial charge in [0.1, 0.15) is 4.99 Å². The predicted octanol–water partition coefficient (Wildman–Crippen LogP) is 0.763. The molecule has 6 nitrogen and oxygen atoms in total. The Kier molecular flexibility index (Phi) is 4.81. The molecule has 1 aromatic carbocycles. The molecule has 0 aliphatic heterocycles. The third kappa shape index (κ3) is 4.01. The molecule has 3 N–H and O–H groups in total. The summed E-state index contributed by atoms with van der Waals surface area (Å²) in [5.41, 5.74) is 6.13. The highest BCUT2D eigenvalue weighted by molar-refractivity contribution is 7.90. The maximum atomic E-state index is 11.5. The first-order valence-corrected chi connectivity index (χ1v) is 7.76. The van der Waals surface area contributed by atoms with Crippen LogP contribution in [0.2, 0.25) is 0 Å². The molecule has 0 radical (unpaired) electrons. The molecule has 0 fully saturated rings. The van der Waals surface area contributed by atoms with Crippen molar-refractivity contribution in [3.05, 3.63) is 23.8 Å². The van der Waals surface area contributed by atoms with E-state index in [2.05, 4.69) is 5.32 Å². The number of nitrogens with two attached hydrogens (primary N) is 1. The second-order valence-corrected chi connectivity index (χ2v) is 6.72. The molecule has 0 spiro atoms. The highest BCUT2D eigenvalue weighted by atomic mass is 32.2. The number of hydrogen-bond donors (Lipinski definition) is 2. The molecule has 0 aromatic heterocycles. The van der Waals surface area contributed by atoms with Crippen molar-refractivity contribution in [2.75, 3.05) is 11.6 Å². The average molecular weight is 311 g/mol. The van der Waals surface area contributed by atoms with Crippen LogP contribution in [0.15, 0.2) is 23.1 Å². The van der Waals surface area contributed by atoms with Crippen molar-refractivity contribution in [3.63, 3.8) is 0 Å². The number of thiocarbonyl (C=S) groups is 1. The molecule has 0 saturated carbocycles. The van der Waals surface area contributed by atoms with Gasteiger partial charge in [0.15, 0.2) is 15.8 Å². The van der Waals surface area contributed by atoms with Gasteiger partial charge in [0.25, 0.3) is 0 Å². The normalized spacial score (nSPS) is 12.2. The molecular formula is C12H13N3O3S2. The topological polar surface area (TPSA) is 113 Å². The summed E-state index contributed by atoms with van der Waals surface area (Å²) in [6, 6.07) is 6.23. The van der Waals surface area contributed by atoms with Crippen LogP contribution in [-0.2, 0) is 14.6 Å². The Hall–Kier alpha value is -1.98. The van der Waals surface area contributed by atoms with E-state index >= 15 is 0 Å². The number of nitriles is 1. The number of benzene rings is 1. The first-order chi connectivity index (χ1) is 9.15. The molecular weight excluding hydrogens is 298 g/mol. The molecule has 0 aliphatic carbocycles. The van der Waals surface area contributed by atoms with Gasteiger partial charge >= 0.3 is 0 Å². The number of nitrogens with one attached hydrogen (secondary N) is 1. The minimum atomic E-state index is -3.37. The lowest BCUT2D eigenvalue weighted by atomic mass is 10.1. The molecule has 1 unspecified atom stereocenters. The average Bonchev–Trinajstić information content (AvgIpc) is 2.26. The van der Waals surface area contributed by atoms with Crippen molar-refractivity contribution >= 4 is 38.6 Å². The fourth-order valence-corrected chi connectivity index (χ4v) is 2.53. The number of carbonyl (C=O) groups is 1. The van der Waals surface area contributed by atoms with E-state index in [4.69, 9.17) is 23.2 Å². The van der Waals surface area contributed by atoms with Crippen LogP contribution in [0.4, 0.5) is 5.69 Å². The number of amides is 1. The molecule has 20 heavy (non-hydrogen) atoms. The highest BCUT2D eigenvalue weighted by Crippen LogP contribution is 2.19. The van der Waals surface area contributed by atoms with E-state index in [0.717, 1.165) is 6.26 Å². The second-order valence-electron chi connectivity index (χ2n) is 4.26. The van der Waals surface area contributed by atoms with Gasteiger partial charge in [-0.15, -0.1) is 0 Å². The predicted molar refractivity (Wildman–Crippen MR) is 78.8 cm³/mol. The van der Waals surface area contributed by atoms with Gasteiger partial charge in [0, 0.05) is 11.9 Å². The van der Waals surface area contributed by atoms with Crippen molar-refractivity contribution in [1.82, 2.24) is 0 Å². The Morgan fingerprint density at radius 3 is 2.50 bits per heavy atom. The number of primary amides is 1. The van der Waals surface area contributed by atoms with Crippen molar-refractivity contribution in [3.8, 4) is 6.07 Å². The summed E-state index contributed by atoms with van der Waals surface area (Å²) in [6.07, 6.45) is 1.09. The summed E-state index contributed by atoms with van der Waals surface area (Å²) >= 11 is 4.93. The van der Waals surface area contributed by atoms with E-state index in [1.165, 1.54) is 12.1 Å². The maximum absolute atomic E-state index is 11.5. The van der Waals surface area contributed by atoms with Gasteiger partial charge in [-0.1, -0.05) is 12.2 Å². The molecule has 106 valence electrons. The molecule has 0 heterocycles. The van der Waals surface area contributed by atoms with Crippen LogP contribution in [0.3, 0.4) is 0 Å². The number of aryl methyl sites for hydroxylation is 1. The molecule has 1 atom stereocenters. The van der Waals surface area contributed by atoms with E-state index in [9.17, 15) is 13.2 Å². The van der Waals surface area contributed by atoms with E-state index < -0.39 is 21.7 Å². The van der Waals surface area contributed by atoms with Gasteiger partial charge in [0.2, 0.25) is 5.91 Å². The molecule has 1 amide bonds. The summed E-state index contributed by atoms with van der Waals surface area (Å²) in [4.78, 5) is 11.1. The Morgan fingerprint density at radius 2 is 2.05 bits per heavy atom. The Morgan fingerprint density at radius 1 is 1.45 bits per heavy atom. The summed E-state index contributed by atoms with van der Waals surface area (Å²) < 4.78 is 23.1. The fraction of sp³-hybridized carbons (Fsp3) is 0.250. The van der Waals surface area contributed by atoms with Gasteiger partial charge in [-0.2, -0.15) is 5.26 Å². The zero-order valence-electron chi connectivity index (χ0n) is 10.9. The third-order valence-electron chi connectivity index (χ3n) is 2.42. The van der Waals surface area contributed by atoms with Crippen molar-refractivity contribution in [2.24, 2.45) is 11.7 Å². The molecule has 1 aromatic rings. The first-order valence-electron chi connectivity index (χ1n) is 5.46. The Labute approximate surface area is 122 Å². The van der Waals surface area contributed by atoms with Crippen LogP contribution in [-0.4, -0.2) is 25.6 Å². The lowest BCUT2D eigenvalue weighted by Gasteiger charge is -2.12. The Bertz CT molecular complexity index is 705. The zero-order valence-corrected chi connectivity index (χ0v) is 12.5. The number of anilines is 1. The first kappa shape index (κ1) is 16.1. The van der Waals surface area contributed by atoms with Crippen molar-refractivity contribution < 1.29 is 13.2 Å². The van der Waals surface area contributed by atoms with Crippen LogP contribution < -0.4 is 11.1 Å². The van der Waals surface area contributed by atoms with E-state index in [1.54, 1.807) is 19.1 Å². The fourth-order valence-electron chi connectivity index (χ4n) is 1.50. The minimum Gasteiger partial charge on any atom is -0.368 e. The van der Waals surface area contributed by atoms with Crippen LogP contribution >= 0.6 is 12.2 Å². The Balaban J connectivity index is 3.11. The van der Waals surface area contributed by atoms with Gasteiger partial charge in [-0.05, 0) is 30.7 Å². The quantitative estimate of drug-likeness (QED) is 0.794. The molecule has 0 bridgehead atoms. The molecule has 8 heteroatoms. The van der Waals surface area contributed by atoms with Crippen molar-refractivity contribution in [2.45, 2.75) is 11.8 Å². The van der Waals surface area contributed by atoms with Gasteiger partial charge < -0.3 is 11.1 Å². The summed E-state index contributed by atoms with van der Waals surface area (Å²) in [7, 11) is -3.37. The summed E-state index contributed by atoms with van der Waals surface area (Å²) in [5.74, 6) is -2.12.